The second kappa shape index (κ2) is 8.74. The lowest BCUT2D eigenvalue weighted by Gasteiger charge is -2.30. The van der Waals surface area contributed by atoms with Gasteiger partial charge in [-0.3, -0.25) is 4.79 Å². The van der Waals surface area contributed by atoms with E-state index in [1.165, 1.54) is 19.3 Å². The monoisotopic (exact) mass is 298 g/mol. The Hall–Kier alpha value is -0.610. The van der Waals surface area contributed by atoms with Crippen LogP contribution in [0, 0.1) is 11.3 Å². The van der Waals surface area contributed by atoms with Crippen LogP contribution in [0.25, 0.3) is 0 Å². The highest BCUT2D eigenvalue weighted by atomic mass is 16.5. The van der Waals surface area contributed by atoms with Crippen molar-refractivity contribution >= 4 is 5.97 Å². The number of carbonyl (C=O) groups excluding carboxylic acids is 1. The number of ether oxygens (including phenoxy) is 1. The quantitative estimate of drug-likeness (QED) is 0.766. The first-order chi connectivity index (χ1) is 9.88. The maximum absolute atomic E-state index is 12.0. The molecule has 1 N–H and O–H groups in total. The van der Waals surface area contributed by atoms with E-state index in [0.717, 1.165) is 32.1 Å². The number of likely N-dealkylation sites (tertiary alicyclic amines) is 1. The van der Waals surface area contributed by atoms with Crippen LogP contribution in [-0.4, -0.2) is 49.7 Å². The molecule has 0 radical (unpaired) electrons. The van der Waals surface area contributed by atoms with Crippen LogP contribution in [0.4, 0.5) is 0 Å². The molecule has 1 aliphatic rings. The van der Waals surface area contributed by atoms with Gasteiger partial charge in [-0.1, -0.05) is 27.7 Å². The van der Waals surface area contributed by atoms with Gasteiger partial charge in [0.15, 0.2) is 0 Å². The summed E-state index contributed by atoms with van der Waals surface area (Å²) in [5.41, 5.74) is 0.387. The van der Waals surface area contributed by atoms with E-state index in [-0.39, 0.29) is 12.0 Å². The van der Waals surface area contributed by atoms with E-state index in [1.807, 2.05) is 13.8 Å². The van der Waals surface area contributed by atoms with Gasteiger partial charge in [0.25, 0.3) is 0 Å². The van der Waals surface area contributed by atoms with Gasteiger partial charge in [0, 0.05) is 6.54 Å². The second-order valence-electron chi connectivity index (χ2n) is 7.16. The zero-order valence-corrected chi connectivity index (χ0v) is 14.6. The van der Waals surface area contributed by atoms with Crippen molar-refractivity contribution in [1.29, 1.82) is 0 Å². The Morgan fingerprint density at radius 3 is 2.57 bits per heavy atom. The summed E-state index contributed by atoms with van der Waals surface area (Å²) in [6, 6.07) is -0.193. The maximum atomic E-state index is 12.0. The molecule has 1 saturated heterocycles. The predicted octanol–water partition coefficient (Wildman–Crippen LogP) is 2.68. The molecule has 2 atom stereocenters. The minimum Gasteiger partial charge on any atom is -0.465 e. The van der Waals surface area contributed by atoms with Crippen molar-refractivity contribution in [2.75, 3.05) is 32.8 Å². The number of carbonyl (C=O) groups is 1. The van der Waals surface area contributed by atoms with Crippen molar-refractivity contribution in [2.45, 2.75) is 59.9 Å². The van der Waals surface area contributed by atoms with Gasteiger partial charge in [-0.05, 0) is 57.2 Å². The number of likely N-dealkylation sites (N-methyl/N-ethyl adjacent to an activating group) is 1. The Labute approximate surface area is 130 Å². The summed E-state index contributed by atoms with van der Waals surface area (Å²) in [6.45, 7) is 15.1. The third kappa shape index (κ3) is 6.35. The fourth-order valence-corrected chi connectivity index (χ4v) is 3.17. The van der Waals surface area contributed by atoms with E-state index >= 15 is 0 Å². The molecule has 0 aliphatic carbocycles. The average molecular weight is 298 g/mol. The molecular weight excluding hydrogens is 264 g/mol. The van der Waals surface area contributed by atoms with E-state index in [9.17, 15) is 4.79 Å². The zero-order chi connectivity index (χ0) is 15.9. The Balaban J connectivity index is 2.54. The van der Waals surface area contributed by atoms with Crippen LogP contribution >= 0.6 is 0 Å². The van der Waals surface area contributed by atoms with Gasteiger partial charge in [0.1, 0.15) is 6.04 Å². The van der Waals surface area contributed by atoms with Gasteiger partial charge in [0.2, 0.25) is 0 Å². The molecule has 1 rings (SSSR count). The van der Waals surface area contributed by atoms with Crippen LogP contribution in [0.15, 0.2) is 0 Å². The predicted molar refractivity (Wildman–Crippen MR) is 87.3 cm³/mol. The lowest BCUT2D eigenvalue weighted by molar-refractivity contribution is -0.146. The molecule has 0 spiro atoms. The maximum Gasteiger partial charge on any atom is 0.324 e. The minimum atomic E-state index is -0.193. The first kappa shape index (κ1) is 18.4. The Morgan fingerprint density at radius 2 is 2.00 bits per heavy atom. The van der Waals surface area contributed by atoms with Gasteiger partial charge < -0.3 is 15.0 Å². The highest BCUT2D eigenvalue weighted by Crippen LogP contribution is 2.34. The SMILES string of the molecule is CCNC(CN1CCCC(C(C)(C)C)CC1)C(=O)OCC. The van der Waals surface area contributed by atoms with E-state index in [1.54, 1.807) is 0 Å². The number of rotatable bonds is 6. The normalized spacial score (nSPS) is 22.6. The van der Waals surface area contributed by atoms with Gasteiger partial charge in [-0.15, -0.1) is 0 Å². The van der Waals surface area contributed by atoms with Crippen molar-refractivity contribution in [2.24, 2.45) is 11.3 Å². The summed E-state index contributed by atoms with van der Waals surface area (Å²) in [6.07, 6.45) is 3.75. The Kier molecular flexibility index (Phi) is 7.67. The lowest BCUT2D eigenvalue weighted by Crippen LogP contribution is -2.47. The van der Waals surface area contributed by atoms with E-state index in [2.05, 4.69) is 31.0 Å². The largest absolute Gasteiger partial charge is 0.465 e. The van der Waals surface area contributed by atoms with Crippen LogP contribution in [0.1, 0.15) is 53.9 Å². The smallest absolute Gasteiger partial charge is 0.324 e. The highest BCUT2D eigenvalue weighted by molar-refractivity contribution is 5.76. The molecule has 1 heterocycles. The van der Waals surface area contributed by atoms with Crippen molar-refractivity contribution in [3.8, 4) is 0 Å². The number of esters is 1. The first-order valence-electron chi connectivity index (χ1n) is 8.50. The molecule has 4 nitrogen and oxygen atoms in total. The molecular formula is C17H34N2O2. The second-order valence-corrected chi connectivity index (χ2v) is 7.16. The molecule has 0 bridgehead atoms. The van der Waals surface area contributed by atoms with Gasteiger partial charge in [-0.25, -0.2) is 0 Å². The van der Waals surface area contributed by atoms with Crippen molar-refractivity contribution in [3.63, 3.8) is 0 Å². The molecule has 4 heteroatoms. The van der Waals surface area contributed by atoms with Gasteiger partial charge >= 0.3 is 5.97 Å². The first-order valence-corrected chi connectivity index (χ1v) is 8.50. The van der Waals surface area contributed by atoms with Crippen LogP contribution in [0.2, 0.25) is 0 Å². The summed E-state index contributed by atoms with van der Waals surface area (Å²) in [5, 5.41) is 3.26. The van der Waals surface area contributed by atoms with Gasteiger partial charge in [0.05, 0.1) is 6.61 Å². The molecule has 124 valence electrons. The molecule has 0 aromatic carbocycles. The Bertz CT molecular complexity index is 312. The molecule has 21 heavy (non-hydrogen) atoms. The summed E-state index contributed by atoms with van der Waals surface area (Å²) in [7, 11) is 0. The molecule has 0 aromatic heterocycles. The number of nitrogens with zero attached hydrogens (tertiary/aromatic N) is 1. The van der Waals surface area contributed by atoms with E-state index in [4.69, 9.17) is 4.74 Å². The minimum absolute atomic E-state index is 0.115. The third-order valence-electron chi connectivity index (χ3n) is 4.51. The zero-order valence-electron chi connectivity index (χ0n) is 14.6. The Morgan fingerprint density at radius 1 is 1.29 bits per heavy atom. The molecule has 0 amide bonds. The summed E-state index contributed by atoms with van der Waals surface area (Å²) in [4.78, 5) is 14.4. The van der Waals surface area contributed by atoms with E-state index < -0.39 is 0 Å². The van der Waals surface area contributed by atoms with Crippen molar-refractivity contribution in [3.05, 3.63) is 0 Å². The average Bonchev–Trinajstić information content (AvgIpc) is 2.63. The lowest BCUT2D eigenvalue weighted by atomic mass is 9.77. The summed E-state index contributed by atoms with van der Waals surface area (Å²) >= 11 is 0. The molecule has 2 unspecified atom stereocenters. The highest BCUT2D eigenvalue weighted by Gasteiger charge is 2.29. The summed E-state index contributed by atoms with van der Waals surface area (Å²) < 4.78 is 5.18. The number of hydrogen-bond donors (Lipinski definition) is 1. The number of nitrogens with one attached hydrogen (secondary N) is 1. The molecule has 0 saturated carbocycles. The fraction of sp³-hybridized carbons (Fsp3) is 0.941. The van der Waals surface area contributed by atoms with Crippen LogP contribution in [0.5, 0.6) is 0 Å². The third-order valence-corrected chi connectivity index (χ3v) is 4.51. The van der Waals surface area contributed by atoms with E-state index in [0.29, 0.717) is 12.0 Å². The van der Waals surface area contributed by atoms with Crippen molar-refractivity contribution < 1.29 is 9.53 Å². The van der Waals surface area contributed by atoms with Crippen LogP contribution in [0.3, 0.4) is 0 Å². The van der Waals surface area contributed by atoms with Crippen LogP contribution in [-0.2, 0) is 9.53 Å². The standard InChI is InChI=1S/C17H34N2O2/c1-6-18-15(16(20)21-7-2)13-19-11-8-9-14(10-12-19)17(3,4)5/h14-15,18H,6-13H2,1-5H3. The molecule has 0 aromatic rings. The van der Waals surface area contributed by atoms with Gasteiger partial charge in [-0.2, -0.15) is 0 Å². The summed E-state index contributed by atoms with van der Waals surface area (Å²) in [5.74, 6) is 0.665. The molecule has 1 fully saturated rings. The number of hydrogen-bond acceptors (Lipinski definition) is 4. The molecule has 1 aliphatic heterocycles. The topological polar surface area (TPSA) is 41.6 Å². The fourth-order valence-electron chi connectivity index (χ4n) is 3.17. The van der Waals surface area contributed by atoms with Crippen LogP contribution < -0.4 is 5.32 Å². The van der Waals surface area contributed by atoms with Crippen molar-refractivity contribution in [1.82, 2.24) is 10.2 Å².